The van der Waals surface area contributed by atoms with E-state index in [0.717, 1.165) is 39.5 Å². The highest BCUT2D eigenvalue weighted by Crippen LogP contribution is 2.56. The molecule has 0 saturated heterocycles. The second-order valence-electron chi connectivity index (χ2n) is 20.0. The third-order valence-electron chi connectivity index (χ3n) is 14.9. The number of fused-ring (bicyclic) bond motifs is 13. The Morgan fingerprint density at radius 1 is 0.507 bits per heavy atom. The third kappa shape index (κ3) is 5.87. The second-order valence-corrected chi connectivity index (χ2v) is 21.0. The topological polar surface area (TPSA) is 29.9 Å². The van der Waals surface area contributed by atoms with Crippen molar-refractivity contribution in [2.45, 2.75) is 26.2 Å². The van der Waals surface area contributed by atoms with Gasteiger partial charge in [-0.15, -0.1) is 11.3 Å². The third-order valence-corrected chi connectivity index (χ3v) is 16.1. The average molecular weight is 930 g/mol. The molecule has 0 radical (unpaired) electrons. The number of thiophene rings is 1. The summed E-state index contributed by atoms with van der Waals surface area (Å²) in [6.45, 7) is 6.66. The first-order valence-electron chi connectivity index (χ1n) is 24.4. The van der Waals surface area contributed by atoms with Crippen LogP contribution in [-0.4, -0.2) is 11.3 Å². The van der Waals surface area contributed by atoms with E-state index in [1.807, 2.05) is 35.6 Å². The van der Waals surface area contributed by atoms with E-state index < -0.39 is 0 Å². The zero-order chi connectivity index (χ0) is 47.1. The molecule has 0 N–H and O–H groups in total. The summed E-state index contributed by atoms with van der Waals surface area (Å²) in [6.07, 6.45) is 0. The zero-order valence-corrected chi connectivity index (χ0v) is 40.2. The van der Waals surface area contributed by atoms with E-state index in [1.54, 1.807) is 0 Å². The Kier molecular flexibility index (Phi) is 8.53. The summed E-state index contributed by atoms with van der Waals surface area (Å²) in [4.78, 5) is 6.24. The lowest BCUT2D eigenvalue weighted by molar-refractivity contribution is 0.360. The molecule has 0 bridgehead atoms. The molecule has 0 atom stereocenters. The number of rotatable bonds is 5. The van der Waals surface area contributed by atoms with Gasteiger partial charge in [0.15, 0.2) is 23.0 Å². The molecule has 5 nitrogen and oxygen atoms in total. The number of aromatic nitrogens is 1. The van der Waals surface area contributed by atoms with Gasteiger partial charge in [-0.25, -0.2) is 0 Å². The van der Waals surface area contributed by atoms with E-state index in [4.69, 9.17) is 9.47 Å². The van der Waals surface area contributed by atoms with E-state index in [9.17, 15) is 0 Å². The molecule has 0 spiro atoms. The van der Waals surface area contributed by atoms with Gasteiger partial charge in [-0.3, -0.25) is 0 Å². The number of hydrogen-bond acceptors (Lipinski definition) is 5. The average Bonchev–Trinajstić information content (AvgIpc) is 3.97. The molecule has 0 fully saturated rings. The van der Waals surface area contributed by atoms with Crippen LogP contribution in [0, 0.1) is 0 Å². The van der Waals surface area contributed by atoms with Gasteiger partial charge >= 0.3 is 6.85 Å². The van der Waals surface area contributed by atoms with Gasteiger partial charge < -0.3 is 23.8 Å². The van der Waals surface area contributed by atoms with Crippen molar-refractivity contribution in [2.75, 3.05) is 9.80 Å². The van der Waals surface area contributed by atoms with Crippen molar-refractivity contribution in [3.63, 3.8) is 0 Å². The summed E-state index contributed by atoms with van der Waals surface area (Å²) >= 11 is 1.89. The minimum atomic E-state index is -0.242. The van der Waals surface area contributed by atoms with Crippen molar-refractivity contribution in [1.29, 1.82) is 0 Å². The standard InChI is InChI=1S/C64H44BN3O2S/c1-64(2,3)41-31-33-50(47(36-41)39-19-7-4-8-20-39)67-52-38-56-55(69-53-28-16-17-29-54(53)70-56)37-49(52)65-60-48(35-40-21-13-14-26-44(40)62(60)67)45-32-34-51(66(42-22-9-5-10-23-42)43-24-11-6-12-25-43)59-58-46-27-15-18-30-57(46)71-63(58)68(65)61(45)59/h4-38H,1-3H3. The fourth-order valence-corrected chi connectivity index (χ4v) is 13.0. The van der Waals surface area contributed by atoms with Crippen molar-refractivity contribution >= 4 is 105 Å². The van der Waals surface area contributed by atoms with Gasteiger partial charge in [-0.2, -0.15) is 0 Å². The highest BCUT2D eigenvalue weighted by molar-refractivity contribution is 7.26. The first kappa shape index (κ1) is 40.4. The van der Waals surface area contributed by atoms with E-state index in [-0.39, 0.29) is 12.3 Å². The molecule has 3 aliphatic heterocycles. The van der Waals surface area contributed by atoms with Gasteiger partial charge in [0.05, 0.1) is 21.9 Å². The van der Waals surface area contributed by atoms with Gasteiger partial charge in [0.2, 0.25) is 0 Å². The highest BCUT2D eigenvalue weighted by Gasteiger charge is 2.46. The lowest BCUT2D eigenvalue weighted by Crippen LogP contribution is -2.56. The molecule has 0 saturated carbocycles. The summed E-state index contributed by atoms with van der Waals surface area (Å²) in [7, 11) is 0. The van der Waals surface area contributed by atoms with E-state index in [0.29, 0.717) is 23.0 Å². The van der Waals surface area contributed by atoms with E-state index in [2.05, 4.69) is 223 Å². The van der Waals surface area contributed by atoms with Gasteiger partial charge in [-0.1, -0.05) is 154 Å². The fraction of sp³-hybridized carbons (Fsp3) is 0.0625. The van der Waals surface area contributed by atoms with Crippen LogP contribution in [0.2, 0.25) is 0 Å². The van der Waals surface area contributed by atoms with Crippen LogP contribution in [0.15, 0.2) is 212 Å². The Morgan fingerprint density at radius 2 is 1.14 bits per heavy atom. The molecule has 336 valence electrons. The Hall–Kier alpha value is -8.52. The largest absolute Gasteiger partial charge is 0.450 e. The summed E-state index contributed by atoms with van der Waals surface area (Å²) in [5.41, 5.74) is 16.3. The Bertz CT molecular complexity index is 4140. The van der Waals surface area contributed by atoms with Crippen LogP contribution in [0.1, 0.15) is 26.3 Å². The normalized spacial score (nSPS) is 13.2. The predicted molar refractivity (Wildman–Crippen MR) is 298 cm³/mol. The molecule has 71 heavy (non-hydrogen) atoms. The van der Waals surface area contributed by atoms with Crippen molar-refractivity contribution in [3.05, 3.63) is 218 Å². The molecule has 12 aromatic rings. The van der Waals surface area contributed by atoms with E-state index >= 15 is 0 Å². The molecular weight excluding hydrogens is 886 g/mol. The second kappa shape index (κ2) is 15.0. The lowest BCUT2D eigenvalue weighted by Gasteiger charge is -2.42. The first-order valence-corrected chi connectivity index (χ1v) is 25.3. The molecule has 10 aromatic carbocycles. The minimum Gasteiger partial charge on any atom is -0.450 e. The highest BCUT2D eigenvalue weighted by atomic mass is 32.1. The zero-order valence-electron chi connectivity index (χ0n) is 39.4. The van der Waals surface area contributed by atoms with Crippen LogP contribution in [-0.2, 0) is 5.41 Å². The molecule has 15 rings (SSSR count). The van der Waals surface area contributed by atoms with Crippen LogP contribution in [0.3, 0.4) is 0 Å². The van der Waals surface area contributed by atoms with Gasteiger partial charge in [0.25, 0.3) is 0 Å². The van der Waals surface area contributed by atoms with Crippen LogP contribution >= 0.6 is 11.3 Å². The molecule has 2 aromatic heterocycles. The first-order chi connectivity index (χ1) is 34.9. The van der Waals surface area contributed by atoms with Crippen molar-refractivity contribution in [3.8, 4) is 45.3 Å². The van der Waals surface area contributed by atoms with Crippen molar-refractivity contribution < 1.29 is 9.47 Å². The van der Waals surface area contributed by atoms with Crippen LogP contribution in [0.4, 0.5) is 34.1 Å². The number of para-hydroxylation sites is 4. The maximum absolute atomic E-state index is 6.88. The van der Waals surface area contributed by atoms with Crippen LogP contribution in [0.5, 0.6) is 23.0 Å². The molecule has 7 heteroatoms. The summed E-state index contributed by atoms with van der Waals surface area (Å²) < 4.78 is 17.7. The molecule has 5 heterocycles. The molecule has 0 aliphatic carbocycles. The number of hydrogen-bond donors (Lipinski definition) is 0. The number of nitrogens with zero attached hydrogens (tertiary/aromatic N) is 3. The summed E-state index contributed by atoms with van der Waals surface area (Å²) in [5, 5.41) is 6.15. The van der Waals surface area contributed by atoms with Crippen LogP contribution in [0.25, 0.3) is 64.2 Å². The molecule has 0 unspecified atom stereocenters. The Labute approximate surface area is 416 Å². The Balaban J connectivity index is 1.11. The smallest absolute Gasteiger partial charge is 0.333 e. The number of anilines is 6. The van der Waals surface area contributed by atoms with Gasteiger partial charge in [0.1, 0.15) is 0 Å². The quantitative estimate of drug-likeness (QED) is 0.161. The van der Waals surface area contributed by atoms with Crippen molar-refractivity contribution in [1.82, 2.24) is 4.48 Å². The van der Waals surface area contributed by atoms with E-state index in [1.165, 1.54) is 75.4 Å². The summed E-state index contributed by atoms with van der Waals surface area (Å²) in [6, 6.07) is 77.3. The fourth-order valence-electron chi connectivity index (χ4n) is 11.8. The monoisotopic (exact) mass is 929 g/mol. The van der Waals surface area contributed by atoms with Gasteiger partial charge in [0, 0.05) is 66.0 Å². The SMILES string of the molecule is CC(C)(C)c1ccc(N2c3cc4c(cc3B3c5c(cc6ccccc6c52)-c2ccc(N(c5ccccc5)c5ccccc5)c5c6c7ccccc7sc6n3c25)Oc2ccccc2O4)c(-c2ccccc2)c1. The van der Waals surface area contributed by atoms with Crippen LogP contribution < -0.4 is 30.2 Å². The lowest BCUT2D eigenvalue weighted by atomic mass is 9.45. The molecular formula is C64H44BN3O2S. The predicted octanol–water partition coefficient (Wildman–Crippen LogP) is 16.9. The molecule has 3 aliphatic rings. The maximum atomic E-state index is 6.88. The maximum Gasteiger partial charge on any atom is 0.333 e. The summed E-state index contributed by atoms with van der Waals surface area (Å²) in [5.74, 6) is 2.80. The number of benzene rings is 10. The van der Waals surface area contributed by atoms with Gasteiger partial charge in [-0.05, 0) is 111 Å². The number of ether oxygens (including phenoxy) is 2. The van der Waals surface area contributed by atoms with Crippen molar-refractivity contribution in [2.24, 2.45) is 0 Å². The Morgan fingerprint density at radius 3 is 1.86 bits per heavy atom. The molecule has 0 amide bonds. The minimum absolute atomic E-state index is 0.0716.